The first-order valence-electron chi connectivity index (χ1n) is 6.51. The third-order valence-electron chi connectivity index (χ3n) is 3.00. The Morgan fingerprint density at radius 3 is 2.25 bits per heavy atom. The van der Waals surface area contributed by atoms with Gasteiger partial charge in [0.05, 0.1) is 0 Å². The van der Waals surface area contributed by atoms with Crippen LogP contribution in [0.25, 0.3) is 0 Å². The van der Waals surface area contributed by atoms with Crippen molar-refractivity contribution in [1.29, 1.82) is 0 Å². The van der Waals surface area contributed by atoms with Gasteiger partial charge in [0.25, 0.3) is 0 Å². The molecule has 0 heterocycles. The fourth-order valence-corrected chi connectivity index (χ4v) is 1.93. The van der Waals surface area contributed by atoms with Gasteiger partial charge >= 0.3 is 0 Å². The minimum atomic E-state index is -0.509. The van der Waals surface area contributed by atoms with Crippen LogP contribution in [0.1, 0.15) is 18.5 Å². The van der Waals surface area contributed by atoms with Gasteiger partial charge < -0.3 is 15.7 Å². The summed E-state index contributed by atoms with van der Waals surface area (Å²) >= 11 is 0. The van der Waals surface area contributed by atoms with E-state index in [4.69, 9.17) is 5.11 Å². The first-order chi connectivity index (χ1) is 9.69. The third-order valence-corrected chi connectivity index (χ3v) is 3.00. The Kier molecular flexibility index (Phi) is 4.74. The van der Waals surface area contributed by atoms with Crippen LogP contribution < -0.4 is 10.6 Å². The van der Waals surface area contributed by atoms with E-state index in [-0.39, 0.29) is 6.04 Å². The zero-order valence-electron chi connectivity index (χ0n) is 11.3. The molecule has 0 radical (unpaired) electrons. The molecule has 0 aliphatic carbocycles. The van der Waals surface area contributed by atoms with Gasteiger partial charge in [-0.25, -0.2) is 0 Å². The third kappa shape index (κ3) is 3.83. The molecular weight excluding hydrogens is 252 g/mol. The Bertz CT molecular complexity index is 552. The van der Waals surface area contributed by atoms with Crippen molar-refractivity contribution in [3.05, 3.63) is 60.2 Å². The molecule has 0 bridgehead atoms. The molecule has 104 valence electrons. The topological polar surface area (TPSA) is 61.4 Å². The number of benzene rings is 2. The van der Waals surface area contributed by atoms with Crippen LogP contribution in [-0.4, -0.2) is 17.6 Å². The molecule has 2 aromatic carbocycles. The van der Waals surface area contributed by atoms with Crippen molar-refractivity contribution in [2.45, 2.75) is 13.0 Å². The number of anilines is 2. The number of aliphatic hydroxyl groups is 1. The average Bonchev–Trinajstić information content (AvgIpc) is 2.50. The van der Waals surface area contributed by atoms with Gasteiger partial charge in [0, 0.05) is 17.4 Å². The quantitative estimate of drug-likeness (QED) is 0.783. The van der Waals surface area contributed by atoms with Crippen LogP contribution in [0.3, 0.4) is 0 Å². The summed E-state index contributed by atoms with van der Waals surface area (Å²) in [6.07, 6.45) is 0. The fourth-order valence-electron chi connectivity index (χ4n) is 1.93. The molecule has 4 nitrogen and oxygen atoms in total. The minimum Gasteiger partial charge on any atom is -0.387 e. The number of hydrogen-bond acceptors (Lipinski definition) is 3. The molecule has 20 heavy (non-hydrogen) atoms. The maximum atomic E-state index is 11.1. The standard InChI is InChI=1S/C16H18N2O2/c1-12(13-5-3-2-4-6-13)17-14-7-9-15(10-8-14)18-16(20)11-19/h2-10,12,17,19H,11H2,1H3,(H,18,20). The first-order valence-corrected chi connectivity index (χ1v) is 6.51. The lowest BCUT2D eigenvalue weighted by Gasteiger charge is -2.16. The van der Waals surface area contributed by atoms with Crippen LogP contribution in [0.5, 0.6) is 0 Å². The van der Waals surface area contributed by atoms with Crippen LogP contribution >= 0.6 is 0 Å². The lowest BCUT2D eigenvalue weighted by atomic mass is 10.1. The number of nitrogens with one attached hydrogen (secondary N) is 2. The minimum absolute atomic E-state index is 0.203. The smallest absolute Gasteiger partial charge is 0.250 e. The molecule has 2 rings (SSSR count). The summed E-state index contributed by atoms with van der Waals surface area (Å²) in [5, 5.41) is 14.6. The summed E-state index contributed by atoms with van der Waals surface area (Å²) in [6.45, 7) is 1.59. The number of hydrogen-bond donors (Lipinski definition) is 3. The van der Waals surface area contributed by atoms with Crippen LogP contribution in [0, 0.1) is 0 Å². The molecule has 2 aromatic rings. The van der Waals surface area contributed by atoms with E-state index in [9.17, 15) is 4.79 Å². The molecule has 3 N–H and O–H groups in total. The normalized spacial score (nSPS) is 11.7. The average molecular weight is 270 g/mol. The van der Waals surface area contributed by atoms with Crippen molar-refractivity contribution in [2.75, 3.05) is 17.2 Å². The molecular formula is C16H18N2O2. The number of amides is 1. The fraction of sp³-hybridized carbons (Fsp3) is 0.188. The predicted molar refractivity (Wildman–Crippen MR) is 80.6 cm³/mol. The van der Waals surface area contributed by atoms with Crippen molar-refractivity contribution < 1.29 is 9.90 Å². The van der Waals surface area contributed by atoms with Crippen molar-refractivity contribution >= 4 is 17.3 Å². The van der Waals surface area contributed by atoms with Gasteiger partial charge in [0.15, 0.2) is 0 Å². The lowest BCUT2D eigenvalue weighted by molar-refractivity contribution is -0.118. The van der Waals surface area contributed by atoms with E-state index in [1.54, 1.807) is 12.1 Å². The number of aliphatic hydroxyl groups excluding tert-OH is 1. The summed E-state index contributed by atoms with van der Waals surface area (Å²) in [6, 6.07) is 17.8. The predicted octanol–water partition coefficient (Wildman–Crippen LogP) is 2.79. The zero-order valence-corrected chi connectivity index (χ0v) is 11.3. The highest BCUT2D eigenvalue weighted by Gasteiger charge is 2.05. The largest absolute Gasteiger partial charge is 0.387 e. The second kappa shape index (κ2) is 6.73. The van der Waals surface area contributed by atoms with E-state index < -0.39 is 12.5 Å². The second-order valence-corrected chi connectivity index (χ2v) is 4.56. The maximum Gasteiger partial charge on any atom is 0.250 e. The Morgan fingerprint density at radius 1 is 1.05 bits per heavy atom. The summed E-state index contributed by atoms with van der Waals surface area (Å²) in [7, 11) is 0. The Labute approximate surface area is 118 Å². The highest BCUT2D eigenvalue weighted by Crippen LogP contribution is 2.20. The van der Waals surface area contributed by atoms with Gasteiger partial charge in [-0.1, -0.05) is 30.3 Å². The first kappa shape index (κ1) is 14.1. The maximum absolute atomic E-state index is 11.1. The van der Waals surface area contributed by atoms with E-state index in [0.29, 0.717) is 5.69 Å². The highest BCUT2D eigenvalue weighted by molar-refractivity contribution is 5.91. The molecule has 1 amide bonds. The van der Waals surface area contributed by atoms with E-state index in [1.807, 2.05) is 30.3 Å². The van der Waals surface area contributed by atoms with Crippen LogP contribution in [0.2, 0.25) is 0 Å². The molecule has 1 atom stereocenters. The van der Waals surface area contributed by atoms with Gasteiger partial charge in [-0.3, -0.25) is 4.79 Å². The molecule has 4 heteroatoms. The molecule has 0 saturated carbocycles. The highest BCUT2D eigenvalue weighted by atomic mass is 16.3. The van der Waals surface area contributed by atoms with Gasteiger partial charge in [0.2, 0.25) is 5.91 Å². The van der Waals surface area contributed by atoms with E-state index in [0.717, 1.165) is 5.69 Å². The second-order valence-electron chi connectivity index (χ2n) is 4.56. The Balaban J connectivity index is 1.98. The molecule has 0 aliphatic heterocycles. The van der Waals surface area contributed by atoms with Crippen molar-refractivity contribution in [3.8, 4) is 0 Å². The monoisotopic (exact) mass is 270 g/mol. The van der Waals surface area contributed by atoms with Gasteiger partial charge in [0.1, 0.15) is 6.61 Å². The van der Waals surface area contributed by atoms with Crippen molar-refractivity contribution in [1.82, 2.24) is 0 Å². The van der Waals surface area contributed by atoms with Gasteiger partial charge in [-0.05, 0) is 36.8 Å². The summed E-state index contributed by atoms with van der Waals surface area (Å²) in [5.41, 5.74) is 2.86. The van der Waals surface area contributed by atoms with Crippen LogP contribution in [0.15, 0.2) is 54.6 Å². The molecule has 0 aliphatic rings. The molecule has 0 aromatic heterocycles. The Morgan fingerprint density at radius 2 is 1.65 bits per heavy atom. The molecule has 0 fully saturated rings. The van der Waals surface area contributed by atoms with Crippen molar-refractivity contribution in [2.24, 2.45) is 0 Å². The number of rotatable bonds is 5. The summed E-state index contributed by atoms with van der Waals surface area (Å²) < 4.78 is 0. The summed E-state index contributed by atoms with van der Waals surface area (Å²) in [4.78, 5) is 11.1. The van der Waals surface area contributed by atoms with E-state index >= 15 is 0 Å². The Hall–Kier alpha value is -2.33. The van der Waals surface area contributed by atoms with Crippen LogP contribution in [-0.2, 0) is 4.79 Å². The molecule has 1 unspecified atom stereocenters. The van der Waals surface area contributed by atoms with Crippen LogP contribution in [0.4, 0.5) is 11.4 Å². The molecule has 0 saturated heterocycles. The summed E-state index contributed by atoms with van der Waals surface area (Å²) in [5.74, 6) is -0.414. The number of carbonyl (C=O) groups excluding carboxylic acids is 1. The van der Waals surface area contributed by atoms with Gasteiger partial charge in [-0.15, -0.1) is 0 Å². The SMILES string of the molecule is CC(Nc1ccc(NC(=O)CO)cc1)c1ccccc1. The van der Waals surface area contributed by atoms with Gasteiger partial charge in [-0.2, -0.15) is 0 Å². The lowest BCUT2D eigenvalue weighted by Crippen LogP contribution is -2.15. The van der Waals surface area contributed by atoms with E-state index in [2.05, 4.69) is 29.7 Å². The molecule has 0 spiro atoms. The number of carbonyl (C=O) groups is 1. The van der Waals surface area contributed by atoms with E-state index in [1.165, 1.54) is 5.56 Å². The zero-order chi connectivity index (χ0) is 14.4. The van der Waals surface area contributed by atoms with Crippen molar-refractivity contribution in [3.63, 3.8) is 0 Å².